The molecule has 0 fully saturated rings. The molecular formula is C18H33NO6. The van der Waals surface area contributed by atoms with Crippen LogP contribution in [0.25, 0.3) is 0 Å². The van der Waals surface area contributed by atoms with E-state index < -0.39 is 30.4 Å². The second-order valence-corrected chi connectivity index (χ2v) is 6.83. The number of carbonyl (C=O) groups excluding carboxylic acids is 2. The molecule has 0 aromatic rings. The van der Waals surface area contributed by atoms with Crippen molar-refractivity contribution in [2.75, 3.05) is 0 Å². The van der Waals surface area contributed by atoms with Crippen molar-refractivity contribution in [2.45, 2.75) is 79.6 Å². The van der Waals surface area contributed by atoms with Crippen LogP contribution >= 0.6 is 0 Å². The number of hydrogen-bond donors (Lipinski definition) is 2. The summed E-state index contributed by atoms with van der Waals surface area (Å²) in [6.45, 7) is 11.2. The van der Waals surface area contributed by atoms with E-state index >= 15 is 0 Å². The Balaban J connectivity index is 4.93. The highest BCUT2D eigenvalue weighted by molar-refractivity contribution is 5.72. The van der Waals surface area contributed by atoms with Gasteiger partial charge in [0.25, 0.3) is 6.29 Å². The van der Waals surface area contributed by atoms with Crippen LogP contribution in [0.5, 0.6) is 0 Å². The first-order valence-corrected chi connectivity index (χ1v) is 9.00. The number of aliphatic carboxylic acids is 1. The molecule has 0 aromatic heterocycles. The summed E-state index contributed by atoms with van der Waals surface area (Å²) < 4.78 is 10.3. The van der Waals surface area contributed by atoms with E-state index in [0.29, 0.717) is 0 Å². The Morgan fingerprint density at radius 2 is 1.64 bits per heavy atom. The quantitative estimate of drug-likeness (QED) is 0.432. The van der Waals surface area contributed by atoms with Gasteiger partial charge in [0.2, 0.25) is 0 Å². The average molecular weight is 359 g/mol. The van der Waals surface area contributed by atoms with Crippen LogP contribution in [0, 0.1) is 17.8 Å². The Labute approximate surface area is 150 Å². The van der Waals surface area contributed by atoms with Crippen molar-refractivity contribution in [1.29, 1.82) is 0 Å². The number of carbonyl (C=O) groups is 3. The molecule has 0 bridgehead atoms. The van der Waals surface area contributed by atoms with Crippen molar-refractivity contribution in [3.8, 4) is 0 Å². The molecule has 7 heteroatoms. The number of hydrogen-bond acceptors (Lipinski definition) is 5. The van der Waals surface area contributed by atoms with E-state index in [0.717, 1.165) is 12.8 Å². The van der Waals surface area contributed by atoms with Crippen LogP contribution in [0.15, 0.2) is 0 Å². The monoisotopic (exact) mass is 359 g/mol. The molecule has 0 radical (unpaired) electrons. The predicted octanol–water partition coefficient (Wildman–Crippen LogP) is 3.56. The third kappa shape index (κ3) is 9.31. The molecule has 0 saturated carbocycles. The van der Waals surface area contributed by atoms with Gasteiger partial charge in [-0.2, -0.15) is 0 Å². The molecule has 1 amide bonds. The van der Waals surface area contributed by atoms with Crippen molar-refractivity contribution in [3.05, 3.63) is 0 Å². The third-order valence-electron chi connectivity index (χ3n) is 4.28. The van der Waals surface area contributed by atoms with Gasteiger partial charge in [-0.3, -0.25) is 9.59 Å². The van der Waals surface area contributed by atoms with Crippen molar-refractivity contribution < 1.29 is 29.0 Å². The van der Waals surface area contributed by atoms with Crippen LogP contribution in [0.1, 0.15) is 67.2 Å². The molecule has 0 aliphatic rings. The number of ether oxygens (including phenoxy) is 2. The van der Waals surface area contributed by atoms with E-state index in [-0.39, 0.29) is 30.6 Å². The lowest BCUT2D eigenvalue weighted by molar-refractivity contribution is -0.174. The molecule has 25 heavy (non-hydrogen) atoms. The Bertz CT molecular complexity index is 437. The van der Waals surface area contributed by atoms with Crippen LogP contribution < -0.4 is 5.32 Å². The van der Waals surface area contributed by atoms with Gasteiger partial charge in [-0.05, 0) is 11.8 Å². The van der Waals surface area contributed by atoms with Gasteiger partial charge in [0.05, 0.1) is 6.42 Å². The number of nitrogens with one attached hydrogen (secondary N) is 1. The number of carboxylic acid groups (broad SMARTS) is 1. The van der Waals surface area contributed by atoms with Gasteiger partial charge in [0.1, 0.15) is 0 Å². The van der Waals surface area contributed by atoms with Gasteiger partial charge < -0.3 is 19.9 Å². The van der Waals surface area contributed by atoms with E-state index in [1.54, 1.807) is 20.8 Å². The molecule has 0 unspecified atom stereocenters. The Morgan fingerprint density at radius 3 is 2.08 bits per heavy atom. The first-order chi connectivity index (χ1) is 11.6. The molecular weight excluding hydrogens is 326 g/mol. The minimum atomic E-state index is -0.999. The van der Waals surface area contributed by atoms with Gasteiger partial charge in [0.15, 0.2) is 0 Å². The topological polar surface area (TPSA) is 102 Å². The van der Waals surface area contributed by atoms with E-state index in [9.17, 15) is 14.4 Å². The summed E-state index contributed by atoms with van der Waals surface area (Å²) in [7, 11) is 0. The standard InChI is InChI=1S/C18H33NO6/c1-7-9-12(5)13(6)14(10-15(20)21)19-18(23)25-17(11(3)4)24-16(22)8-2/h11-14,17H,7-10H2,1-6H3,(H,19,23)(H,20,21)/t12-,13-,14-,17+/m1/s1. The maximum atomic E-state index is 12.2. The van der Waals surface area contributed by atoms with Gasteiger partial charge >= 0.3 is 18.0 Å². The molecule has 0 spiro atoms. The maximum absolute atomic E-state index is 12.2. The van der Waals surface area contributed by atoms with Gasteiger partial charge in [0, 0.05) is 18.4 Å². The van der Waals surface area contributed by atoms with Crippen LogP contribution in [0.3, 0.4) is 0 Å². The van der Waals surface area contributed by atoms with E-state index in [1.165, 1.54) is 0 Å². The summed E-state index contributed by atoms with van der Waals surface area (Å²) in [6, 6.07) is -0.554. The number of alkyl carbamates (subject to hydrolysis) is 1. The predicted molar refractivity (Wildman–Crippen MR) is 93.9 cm³/mol. The molecule has 0 aliphatic carbocycles. The molecule has 4 atom stereocenters. The number of carboxylic acids is 1. The lowest BCUT2D eigenvalue weighted by Gasteiger charge is -2.29. The van der Waals surface area contributed by atoms with Crippen LogP contribution in [0.4, 0.5) is 4.79 Å². The zero-order valence-electron chi connectivity index (χ0n) is 16.2. The highest BCUT2D eigenvalue weighted by Crippen LogP contribution is 2.22. The normalized spacial score (nSPS) is 15.8. The van der Waals surface area contributed by atoms with E-state index in [2.05, 4.69) is 12.2 Å². The first-order valence-electron chi connectivity index (χ1n) is 9.00. The molecule has 0 aromatic carbocycles. The van der Waals surface area contributed by atoms with Crippen LogP contribution in [-0.2, 0) is 19.1 Å². The number of rotatable bonds is 11. The number of esters is 1. The molecule has 2 N–H and O–H groups in total. The highest BCUT2D eigenvalue weighted by atomic mass is 16.7. The highest BCUT2D eigenvalue weighted by Gasteiger charge is 2.29. The Hall–Kier alpha value is -1.79. The SMILES string of the molecule is CCC[C@@H](C)[C@@H](C)[C@@H](CC(=O)O)NC(=O)O[C@H](OC(=O)CC)C(C)C. The van der Waals surface area contributed by atoms with Crippen molar-refractivity contribution in [3.63, 3.8) is 0 Å². The fraction of sp³-hybridized carbons (Fsp3) is 0.833. The largest absolute Gasteiger partial charge is 0.481 e. The fourth-order valence-corrected chi connectivity index (χ4v) is 2.47. The average Bonchev–Trinajstić information content (AvgIpc) is 2.52. The fourth-order valence-electron chi connectivity index (χ4n) is 2.47. The Kier molecular flexibility index (Phi) is 10.9. The minimum Gasteiger partial charge on any atom is -0.481 e. The molecule has 0 rings (SSSR count). The third-order valence-corrected chi connectivity index (χ3v) is 4.28. The number of amides is 1. The first kappa shape index (κ1) is 23.2. The van der Waals surface area contributed by atoms with Crippen molar-refractivity contribution >= 4 is 18.0 Å². The summed E-state index contributed by atoms with van der Waals surface area (Å²) in [5.41, 5.74) is 0. The van der Waals surface area contributed by atoms with Crippen molar-refractivity contribution in [1.82, 2.24) is 5.32 Å². The van der Waals surface area contributed by atoms with Gasteiger partial charge in [-0.15, -0.1) is 0 Å². The summed E-state index contributed by atoms with van der Waals surface area (Å²) in [6.07, 6.45) is 0.146. The summed E-state index contributed by atoms with van der Waals surface area (Å²) in [5, 5.41) is 11.7. The lowest BCUT2D eigenvalue weighted by atomic mass is 9.84. The molecule has 146 valence electrons. The van der Waals surface area contributed by atoms with E-state index in [1.807, 2.05) is 13.8 Å². The Morgan fingerprint density at radius 1 is 1.04 bits per heavy atom. The van der Waals surface area contributed by atoms with Gasteiger partial charge in [-0.25, -0.2) is 4.79 Å². The van der Waals surface area contributed by atoms with Crippen LogP contribution in [0.2, 0.25) is 0 Å². The lowest BCUT2D eigenvalue weighted by Crippen LogP contribution is -2.45. The zero-order valence-corrected chi connectivity index (χ0v) is 16.2. The summed E-state index contributed by atoms with van der Waals surface area (Å²) >= 11 is 0. The smallest absolute Gasteiger partial charge is 0.410 e. The summed E-state index contributed by atoms with van der Waals surface area (Å²) in [5.74, 6) is -1.43. The minimum absolute atomic E-state index is 0.0284. The molecule has 7 nitrogen and oxygen atoms in total. The zero-order chi connectivity index (χ0) is 19.6. The van der Waals surface area contributed by atoms with Crippen LogP contribution in [-0.4, -0.2) is 35.5 Å². The maximum Gasteiger partial charge on any atom is 0.410 e. The van der Waals surface area contributed by atoms with Gasteiger partial charge in [-0.1, -0.05) is 54.4 Å². The second-order valence-electron chi connectivity index (χ2n) is 6.83. The molecule has 0 heterocycles. The van der Waals surface area contributed by atoms with Crippen molar-refractivity contribution in [2.24, 2.45) is 17.8 Å². The summed E-state index contributed by atoms with van der Waals surface area (Å²) in [4.78, 5) is 34.8. The molecule has 0 aliphatic heterocycles. The second kappa shape index (κ2) is 11.7. The molecule has 0 saturated heterocycles. The van der Waals surface area contributed by atoms with E-state index in [4.69, 9.17) is 14.6 Å².